The quantitative estimate of drug-likeness (QED) is 0.711. The number of benzene rings is 1. The zero-order chi connectivity index (χ0) is 11.4. The van der Waals surface area contributed by atoms with E-state index in [2.05, 4.69) is 4.74 Å². The summed E-state index contributed by atoms with van der Waals surface area (Å²) in [7, 11) is 1.14. The van der Waals surface area contributed by atoms with Crippen LogP contribution < -0.4 is 5.73 Å². The summed E-state index contributed by atoms with van der Waals surface area (Å²) >= 11 is 0. The average molecular weight is 213 g/mol. The van der Waals surface area contributed by atoms with Gasteiger partial charge in [-0.05, 0) is 17.7 Å². The third-order valence-electron chi connectivity index (χ3n) is 2.02. The normalized spacial score (nSPS) is 14.4. The van der Waals surface area contributed by atoms with E-state index < -0.39 is 23.9 Å². The van der Waals surface area contributed by atoms with E-state index in [4.69, 9.17) is 5.73 Å². The number of aliphatic hydroxyl groups excluding tert-OH is 1. The molecule has 0 saturated heterocycles. The minimum absolute atomic E-state index is 0.341. The lowest BCUT2D eigenvalue weighted by atomic mass is 10.0. The van der Waals surface area contributed by atoms with E-state index in [9.17, 15) is 14.3 Å². The maximum Gasteiger partial charge on any atom is 0.336 e. The van der Waals surface area contributed by atoms with Crippen LogP contribution >= 0.6 is 0 Å². The Kier molecular flexibility index (Phi) is 3.76. The van der Waals surface area contributed by atoms with Gasteiger partial charge in [-0.1, -0.05) is 12.1 Å². The first-order chi connectivity index (χ1) is 7.06. The van der Waals surface area contributed by atoms with Crippen molar-refractivity contribution in [2.24, 2.45) is 5.73 Å². The van der Waals surface area contributed by atoms with Gasteiger partial charge in [-0.3, -0.25) is 0 Å². The molecular weight excluding hydrogens is 201 g/mol. The lowest BCUT2D eigenvalue weighted by molar-refractivity contribution is -0.151. The van der Waals surface area contributed by atoms with E-state index in [-0.39, 0.29) is 0 Å². The second kappa shape index (κ2) is 4.86. The van der Waals surface area contributed by atoms with Crippen LogP contribution in [-0.4, -0.2) is 24.3 Å². The van der Waals surface area contributed by atoms with E-state index in [0.29, 0.717) is 5.56 Å². The van der Waals surface area contributed by atoms with Crippen LogP contribution in [-0.2, 0) is 9.53 Å². The number of rotatable bonds is 3. The van der Waals surface area contributed by atoms with Crippen molar-refractivity contribution in [2.75, 3.05) is 7.11 Å². The molecule has 2 atom stereocenters. The molecule has 82 valence electrons. The van der Waals surface area contributed by atoms with Gasteiger partial charge in [0, 0.05) is 0 Å². The molecule has 0 heterocycles. The Morgan fingerprint density at radius 3 is 2.80 bits per heavy atom. The minimum Gasteiger partial charge on any atom is -0.467 e. The number of esters is 1. The molecule has 0 amide bonds. The molecule has 0 spiro atoms. The van der Waals surface area contributed by atoms with Gasteiger partial charge in [-0.2, -0.15) is 0 Å². The fourth-order valence-corrected chi connectivity index (χ4v) is 1.16. The Bertz CT molecular complexity index is 356. The minimum atomic E-state index is -1.49. The van der Waals surface area contributed by atoms with Gasteiger partial charge in [0.2, 0.25) is 0 Å². The highest BCUT2D eigenvalue weighted by Gasteiger charge is 2.25. The number of carbonyl (C=O) groups is 1. The van der Waals surface area contributed by atoms with Crippen molar-refractivity contribution in [2.45, 2.75) is 12.1 Å². The SMILES string of the molecule is COC(=O)C(O)C(N)c1cccc(F)c1. The maximum absolute atomic E-state index is 12.8. The van der Waals surface area contributed by atoms with Gasteiger partial charge in [0.05, 0.1) is 13.2 Å². The maximum atomic E-state index is 12.8. The van der Waals surface area contributed by atoms with E-state index in [1.165, 1.54) is 18.2 Å². The van der Waals surface area contributed by atoms with Gasteiger partial charge in [-0.15, -0.1) is 0 Å². The Balaban J connectivity index is 2.84. The largest absolute Gasteiger partial charge is 0.467 e. The molecule has 3 N–H and O–H groups in total. The summed E-state index contributed by atoms with van der Waals surface area (Å²) < 4.78 is 17.1. The number of nitrogens with two attached hydrogens (primary N) is 1. The Morgan fingerprint density at radius 1 is 1.60 bits per heavy atom. The smallest absolute Gasteiger partial charge is 0.336 e. The van der Waals surface area contributed by atoms with E-state index in [1.54, 1.807) is 0 Å². The molecule has 0 saturated carbocycles. The summed E-state index contributed by atoms with van der Waals surface area (Å²) in [6, 6.07) is 4.40. The summed E-state index contributed by atoms with van der Waals surface area (Å²) in [5.74, 6) is -1.31. The molecule has 0 radical (unpaired) electrons. The third kappa shape index (κ3) is 2.74. The Labute approximate surface area is 86.5 Å². The fraction of sp³-hybridized carbons (Fsp3) is 0.300. The number of hydrogen-bond acceptors (Lipinski definition) is 4. The molecule has 0 fully saturated rings. The number of hydrogen-bond donors (Lipinski definition) is 2. The number of halogens is 1. The van der Waals surface area contributed by atoms with Crippen LogP contribution in [0.15, 0.2) is 24.3 Å². The highest BCUT2D eigenvalue weighted by molar-refractivity contribution is 5.75. The lowest BCUT2D eigenvalue weighted by Gasteiger charge is -2.16. The van der Waals surface area contributed by atoms with Crippen LogP contribution in [0.3, 0.4) is 0 Å². The van der Waals surface area contributed by atoms with Crippen LogP contribution in [0.25, 0.3) is 0 Å². The first-order valence-corrected chi connectivity index (χ1v) is 4.33. The molecule has 0 aliphatic heterocycles. The third-order valence-corrected chi connectivity index (χ3v) is 2.02. The molecule has 2 unspecified atom stereocenters. The molecule has 1 aromatic rings. The predicted molar refractivity (Wildman–Crippen MR) is 51.4 cm³/mol. The fourth-order valence-electron chi connectivity index (χ4n) is 1.16. The highest BCUT2D eigenvalue weighted by Crippen LogP contribution is 2.16. The topological polar surface area (TPSA) is 72.5 Å². The molecule has 1 aromatic carbocycles. The molecule has 0 aromatic heterocycles. The summed E-state index contributed by atoms with van der Waals surface area (Å²) in [4.78, 5) is 11.0. The zero-order valence-electron chi connectivity index (χ0n) is 8.18. The summed E-state index contributed by atoms with van der Waals surface area (Å²) in [6.07, 6.45) is -1.49. The Morgan fingerprint density at radius 2 is 2.27 bits per heavy atom. The second-order valence-electron chi connectivity index (χ2n) is 3.05. The van der Waals surface area contributed by atoms with Crippen LogP contribution in [0, 0.1) is 5.82 Å². The number of ether oxygens (including phenoxy) is 1. The number of aliphatic hydroxyl groups is 1. The summed E-state index contributed by atoms with van der Waals surface area (Å²) in [5.41, 5.74) is 5.91. The standard InChI is InChI=1S/C10H12FNO3/c1-15-10(14)9(13)8(12)6-3-2-4-7(11)5-6/h2-5,8-9,13H,12H2,1H3. The molecule has 0 bridgehead atoms. The van der Waals surface area contributed by atoms with E-state index in [1.807, 2.05) is 0 Å². The van der Waals surface area contributed by atoms with Gasteiger partial charge in [0.1, 0.15) is 5.82 Å². The molecule has 0 aliphatic rings. The number of methoxy groups -OCH3 is 1. The first-order valence-electron chi connectivity index (χ1n) is 4.33. The molecule has 1 rings (SSSR count). The summed E-state index contributed by atoms with van der Waals surface area (Å²) in [5, 5.41) is 9.41. The van der Waals surface area contributed by atoms with E-state index in [0.717, 1.165) is 13.2 Å². The molecule has 0 aliphatic carbocycles. The molecule has 5 heteroatoms. The van der Waals surface area contributed by atoms with Crippen LogP contribution in [0.2, 0.25) is 0 Å². The predicted octanol–water partition coefficient (Wildman–Crippen LogP) is 0.359. The van der Waals surface area contributed by atoms with E-state index >= 15 is 0 Å². The van der Waals surface area contributed by atoms with Crippen LogP contribution in [0.1, 0.15) is 11.6 Å². The Hall–Kier alpha value is -1.46. The van der Waals surface area contributed by atoms with Gasteiger partial charge >= 0.3 is 5.97 Å². The van der Waals surface area contributed by atoms with Crippen LogP contribution in [0.5, 0.6) is 0 Å². The van der Waals surface area contributed by atoms with Crippen LogP contribution in [0.4, 0.5) is 4.39 Å². The van der Waals surface area contributed by atoms with Gasteiger partial charge < -0.3 is 15.6 Å². The molecule has 15 heavy (non-hydrogen) atoms. The second-order valence-corrected chi connectivity index (χ2v) is 3.05. The monoisotopic (exact) mass is 213 g/mol. The van der Waals surface area contributed by atoms with Crippen molar-refractivity contribution in [3.05, 3.63) is 35.6 Å². The van der Waals surface area contributed by atoms with Gasteiger partial charge in [0.15, 0.2) is 6.10 Å². The van der Waals surface area contributed by atoms with Crippen molar-refractivity contribution >= 4 is 5.97 Å². The molecule has 4 nitrogen and oxygen atoms in total. The van der Waals surface area contributed by atoms with Crippen molar-refractivity contribution in [3.63, 3.8) is 0 Å². The zero-order valence-corrected chi connectivity index (χ0v) is 8.18. The van der Waals surface area contributed by atoms with Crippen molar-refractivity contribution < 1.29 is 19.0 Å². The lowest BCUT2D eigenvalue weighted by Crippen LogP contribution is -2.34. The van der Waals surface area contributed by atoms with Crippen molar-refractivity contribution in [3.8, 4) is 0 Å². The highest BCUT2D eigenvalue weighted by atomic mass is 19.1. The number of carbonyl (C=O) groups excluding carboxylic acids is 1. The molecular formula is C10H12FNO3. The van der Waals surface area contributed by atoms with Gasteiger partial charge in [0.25, 0.3) is 0 Å². The summed E-state index contributed by atoms with van der Waals surface area (Å²) in [6.45, 7) is 0. The van der Waals surface area contributed by atoms with Gasteiger partial charge in [-0.25, -0.2) is 9.18 Å². The van der Waals surface area contributed by atoms with Crippen molar-refractivity contribution in [1.82, 2.24) is 0 Å². The average Bonchev–Trinajstić information content (AvgIpc) is 2.26. The van der Waals surface area contributed by atoms with Crippen molar-refractivity contribution in [1.29, 1.82) is 0 Å². The first kappa shape index (κ1) is 11.6.